The van der Waals surface area contributed by atoms with E-state index >= 15 is 0 Å². The summed E-state index contributed by atoms with van der Waals surface area (Å²) in [5.41, 5.74) is 0. The zero-order valence-corrected chi connectivity index (χ0v) is 9.68. The van der Waals surface area contributed by atoms with Gasteiger partial charge in [-0.2, -0.15) is 0 Å². The molecule has 0 aromatic heterocycles. The van der Waals surface area contributed by atoms with E-state index in [1.165, 1.54) is 44.9 Å². The minimum Gasteiger partial charge on any atom is -0.0654 e. The van der Waals surface area contributed by atoms with E-state index in [1.54, 1.807) is 0 Å². The van der Waals surface area contributed by atoms with Gasteiger partial charge in [-0.05, 0) is 24.2 Å². The van der Waals surface area contributed by atoms with Gasteiger partial charge in [-0.1, -0.05) is 59.3 Å². The van der Waals surface area contributed by atoms with E-state index in [1.807, 2.05) is 0 Å². The average Bonchev–Trinajstić information content (AvgIpc) is 2.18. The predicted molar refractivity (Wildman–Crippen MR) is 59.8 cm³/mol. The Morgan fingerprint density at radius 3 is 2.46 bits per heavy atom. The van der Waals surface area contributed by atoms with E-state index in [-0.39, 0.29) is 0 Å². The Kier molecular flexibility index (Phi) is 4.83. The van der Waals surface area contributed by atoms with E-state index in [0.29, 0.717) is 0 Å². The molecular weight excluding hydrogens is 156 g/mol. The van der Waals surface area contributed by atoms with Crippen LogP contribution in [0.1, 0.15) is 65.7 Å². The highest BCUT2D eigenvalue weighted by Gasteiger charge is 2.27. The largest absolute Gasteiger partial charge is 0.0654 e. The lowest BCUT2D eigenvalue weighted by Crippen LogP contribution is -2.24. The quantitative estimate of drug-likeness (QED) is 0.594. The second-order valence-electron chi connectivity index (χ2n) is 4.88. The van der Waals surface area contributed by atoms with Crippen molar-refractivity contribution >= 4 is 0 Å². The molecule has 0 aromatic carbocycles. The highest BCUT2D eigenvalue weighted by molar-refractivity contribution is 4.78. The van der Waals surface area contributed by atoms with Gasteiger partial charge >= 0.3 is 0 Å². The van der Waals surface area contributed by atoms with E-state index in [0.717, 1.165) is 17.8 Å². The van der Waals surface area contributed by atoms with Crippen molar-refractivity contribution in [1.29, 1.82) is 0 Å². The molecule has 0 amide bonds. The lowest BCUT2D eigenvalue weighted by atomic mass is 9.71. The van der Waals surface area contributed by atoms with Crippen LogP contribution in [-0.4, -0.2) is 0 Å². The third-order valence-electron chi connectivity index (χ3n) is 3.97. The number of hydrogen-bond acceptors (Lipinski definition) is 0. The summed E-state index contributed by atoms with van der Waals surface area (Å²) in [5.74, 6) is 3.09. The van der Waals surface area contributed by atoms with Crippen LogP contribution in [0.5, 0.6) is 0 Å². The summed E-state index contributed by atoms with van der Waals surface area (Å²) in [6, 6.07) is 0. The molecule has 0 N–H and O–H groups in total. The monoisotopic (exact) mass is 182 g/mol. The smallest absolute Gasteiger partial charge is 0.0360 e. The molecule has 0 heterocycles. The van der Waals surface area contributed by atoms with Crippen LogP contribution in [0.3, 0.4) is 0 Å². The molecule has 1 fully saturated rings. The van der Waals surface area contributed by atoms with Gasteiger partial charge in [0.15, 0.2) is 0 Å². The molecule has 0 aliphatic heterocycles. The maximum absolute atomic E-state index is 2.47. The summed E-state index contributed by atoms with van der Waals surface area (Å²) in [5, 5.41) is 0. The normalized spacial score (nSPS) is 31.6. The van der Waals surface area contributed by atoms with Gasteiger partial charge in [-0.25, -0.2) is 0 Å². The van der Waals surface area contributed by atoms with Gasteiger partial charge in [0.05, 0.1) is 0 Å². The third kappa shape index (κ3) is 3.00. The molecule has 1 aliphatic rings. The topological polar surface area (TPSA) is 0 Å². The molecule has 1 rings (SSSR count). The van der Waals surface area contributed by atoms with Crippen molar-refractivity contribution in [3.8, 4) is 0 Å². The Labute approximate surface area is 84.1 Å². The average molecular weight is 182 g/mol. The van der Waals surface area contributed by atoms with Gasteiger partial charge < -0.3 is 0 Å². The summed E-state index contributed by atoms with van der Waals surface area (Å²) in [4.78, 5) is 0. The first kappa shape index (κ1) is 11.1. The molecular formula is C13H26. The summed E-state index contributed by atoms with van der Waals surface area (Å²) >= 11 is 0. The maximum Gasteiger partial charge on any atom is -0.0360 e. The van der Waals surface area contributed by atoms with E-state index < -0.39 is 0 Å². The molecule has 1 saturated carbocycles. The molecule has 78 valence electrons. The van der Waals surface area contributed by atoms with Crippen LogP contribution < -0.4 is 0 Å². The Bertz CT molecular complexity index is 128. The molecule has 0 bridgehead atoms. The SMILES string of the molecule is CCCC(C)C1CCCCC1CC. The van der Waals surface area contributed by atoms with Crippen LogP contribution in [-0.2, 0) is 0 Å². The Balaban J connectivity index is 2.43. The first-order valence-corrected chi connectivity index (χ1v) is 6.29. The van der Waals surface area contributed by atoms with Crippen molar-refractivity contribution in [2.24, 2.45) is 17.8 Å². The van der Waals surface area contributed by atoms with Crippen molar-refractivity contribution in [3.05, 3.63) is 0 Å². The van der Waals surface area contributed by atoms with Gasteiger partial charge in [0.25, 0.3) is 0 Å². The van der Waals surface area contributed by atoms with Crippen LogP contribution >= 0.6 is 0 Å². The second-order valence-corrected chi connectivity index (χ2v) is 4.88. The van der Waals surface area contributed by atoms with Crippen molar-refractivity contribution in [1.82, 2.24) is 0 Å². The van der Waals surface area contributed by atoms with Gasteiger partial charge in [0.1, 0.15) is 0 Å². The first-order valence-electron chi connectivity index (χ1n) is 6.29. The van der Waals surface area contributed by atoms with Crippen LogP contribution in [0, 0.1) is 17.8 Å². The summed E-state index contributed by atoms with van der Waals surface area (Å²) in [6.07, 6.45) is 10.2. The van der Waals surface area contributed by atoms with Gasteiger partial charge in [0.2, 0.25) is 0 Å². The van der Waals surface area contributed by atoms with Crippen molar-refractivity contribution in [2.75, 3.05) is 0 Å². The first-order chi connectivity index (χ1) is 6.29. The Hall–Kier alpha value is 0. The summed E-state index contributed by atoms with van der Waals surface area (Å²) in [6.45, 7) is 7.17. The van der Waals surface area contributed by atoms with E-state index in [9.17, 15) is 0 Å². The molecule has 0 spiro atoms. The lowest BCUT2D eigenvalue weighted by Gasteiger charge is -2.35. The molecule has 13 heavy (non-hydrogen) atoms. The Morgan fingerprint density at radius 1 is 1.15 bits per heavy atom. The lowest BCUT2D eigenvalue weighted by molar-refractivity contribution is 0.159. The van der Waals surface area contributed by atoms with Gasteiger partial charge in [-0.3, -0.25) is 0 Å². The van der Waals surface area contributed by atoms with E-state index in [4.69, 9.17) is 0 Å². The molecule has 0 radical (unpaired) electrons. The van der Waals surface area contributed by atoms with Gasteiger partial charge in [-0.15, -0.1) is 0 Å². The zero-order valence-electron chi connectivity index (χ0n) is 9.68. The molecule has 1 aliphatic carbocycles. The fourth-order valence-corrected chi connectivity index (χ4v) is 3.16. The molecule has 3 atom stereocenters. The molecule has 0 saturated heterocycles. The van der Waals surface area contributed by atoms with Crippen LogP contribution in [0.15, 0.2) is 0 Å². The molecule has 3 unspecified atom stereocenters. The number of hydrogen-bond donors (Lipinski definition) is 0. The fraction of sp³-hybridized carbons (Fsp3) is 1.00. The van der Waals surface area contributed by atoms with Crippen molar-refractivity contribution in [2.45, 2.75) is 65.7 Å². The van der Waals surface area contributed by atoms with Crippen LogP contribution in [0.2, 0.25) is 0 Å². The van der Waals surface area contributed by atoms with Gasteiger partial charge in [0, 0.05) is 0 Å². The molecule has 0 aromatic rings. The summed E-state index contributed by atoms with van der Waals surface area (Å²) < 4.78 is 0. The summed E-state index contributed by atoms with van der Waals surface area (Å²) in [7, 11) is 0. The zero-order chi connectivity index (χ0) is 9.68. The predicted octanol–water partition coefficient (Wildman–Crippen LogP) is 4.64. The highest BCUT2D eigenvalue weighted by atomic mass is 14.3. The van der Waals surface area contributed by atoms with Crippen molar-refractivity contribution in [3.63, 3.8) is 0 Å². The maximum atomic E-state index is 2.47. The van der Waals surface area contributed by atoms with Crippen LogP contribution in [0.4, 0.5) is 0 Å². The minimum absolute atomic E-state index is 0.982. The fourth-order valence-electron chi connectivity index (χ4n) is 3.16. The molecule has 0 heteroatoms. The molecule has 0 nitrogen and oxygen atoms in total. The third-order valence-corrected chi connectivity index (χ3v) is 3.97. The minimum atomic E-state index is 0.982. The standard InChI is InChI=1S/C13H26/c1-4-8-11(3)13-10-7-6-9-12(13)5-2/h11-13H,4-10H2,1-3H3. The Morgan fingerprint density at radius 2 is 1.85 bits per heavy atom. The van der Waals surface area contributed by atoms with Crippen molar-refractivity contribution < 1.29 is 0 Å². The number of rotatable bonds is 4. The second kappa shape index (κ2) is 5.67. The van der Waals surface area contributed by atoms with Crippen LogP contribution in [0.25, 0.3) is 0 Å². The highest BCUT2D eigenvalue weighted by Crippen LogP contribution is 2.38. The van der Waals surface area contributed by atoms with E-state index in [2.05, 4.69) is 20.8 Å².